The number of nitrogens with zero attached hydrogens (tertiary/aromatic N) is 4. The van der Waals surface area contributed by atoms with Gasteiger partial charge in [-0.05, 0) is 86.1 Å². The number of aromatic nitrogens is 3. The lowest BCUT2D eigenvalue weighted by Crippen LogP contribution is -2.42. The summed E-state index contributed by atoms with van der Waals surface area (Å²) in [6.07, 6.45) is 4.58. The van der Waals surface area contributed by atoms with E-state index in [1.165, 1.54) is 27.6 Å². The average molecular weight is 583 g/mol. The molecular weight excluding hydrogens is 544 g/mol. The fourth-order valence-electron chi connectivity index (χ4n) is 6.23. The lowest BCUT2D eigenvalue weighted by Gasteiger charge is -2.38. The van der Waals surface area contributed by atoms with Crippen LogP contribution in [0.25, 0.3) is 17.1 Å². The van der Waals surface area contributed by atoms with Crippen molar-refractivity contribution in [3.05, 3.63) is 88.1 Å². The number of aromatic carboxylic acids is 1. The zero-order valence-electron chi connectivity index (χ0n) is 25.0. The number of carboxylic acids is 1. The Morgan fingerprint density at radius 3 is 2.67 bits per heavy atom. The summed E-state index contributed by atoms with van der Waals surface area (Å²) >= 11 is 0. The van der Waals surface area contributed by atoms with Crippen molar-refractivity contribution in [1.82, 2.24) is 19.7 Å². The average Bonchev–Trinajstić information content (AvgIpc) is 3.45. The van der Waals surface area contributed by atoms with E-state index in [1.807, 2.05) is 37.3 Å². The summed E-state index contributed by atoms with van der Waals surface area (Å²) in [6.45, 7) is 10.6. The number of fused-ring (bicyclic) bond motifs is 1. The van der Waals surface area contributed by atoms with E-state index in [9.17, 15) is 9.90 Å². The molecule has 0 amide bonds. The van der Waals surface area contributed by atoms with Crippen molar-refractivity contribution in [2.45, 2.75) is 59.2 Å². The van der Waals surface area contributed by atoms with Gasteiger partial charge in [0, 0.05) is 37.9 Å². The molecule has 0 aliphatic carbocycles. The Labute approximate surface area is 252 Å². The standard InChI is InChI=1S/C34H38N4O5/c1-4-42-33-28(34(39)40)19-35-38(33)31-10-6-9-30(36-31)27-8-5-7-22(2)32(27)43-21-24-17-23(3)29-20-37(14-11-25(29)18-24)26-12-15-41-16-13-26/h5-10,17-19,26H,4,11-16,20-21H2,1-3H3,(H,39,40). The Morgan fingerprint density at radius 2 is 1.88 bits per heavy atom. The predicted molar refractivity (Wildman–Crippen MR) is 163 cm³/mol. The highest BCUT2D eigenvalue weighted by molar-refractivity contribution is 5.90. The summed E-state index contributed by atoms with van der Waals surface area (Å²) in [5.41, 5.74) is 7.90. The lowest BCUT2D eigenvalue weighted by molar-refractivity contribution is 0.0289. The summed E-state index contributed by atoms with van der Waals surface area (Å²) in [6, 6.07) is 16.8. The smallest absolute Gasteiger partial charge is 0.342 e. The summed E-state index contributed by atoms with van der Waals surface area (Å²) < 4.78 is 19.2. The largest absolute Gasteiger partial charge is 0.488 e. The third-order valence-electron chi connectivity index (χ3n) is 8.42. The molecule has 43 heavy (non-hydrogen) atoms. The topological polar surface area (TPSA) is 98.9 Å². The van der Waals surface area contributed by atoms with Gasteiger partial charge in [-0.2, -0.15) is 9.78 Å². The second kappa shape index (κ2) is 12.6. The molecule has 1 fully saturated rings. The van der Waals surface area contributed by atoms with E-state index in [-0.39, 0.29) is 11.4 Å². The van der Waals surface area contributed by atoms with E-state index in [0.717, 1.165) is 68.0 Å². The minimum absolute atomic E-state index is 0.00901. The molecule has 4 heterocycles. The highest BCUT2D eigenvalue weighted by atomic mass is 16.5. The minimum Gasteiger partial charge on any atom is -0.488 e. The summed E-state index contributed by atoms with van der Waals surface area (Å²) in [7, 11) is 0. The molecule has 0 saturated carbocycles. The van der Waals surface area contributed by atoms with Gasteiger partial charge in [0.2, 0.25) is 5.88 Å². The summed E-state index contributed by atoms with van der Waals surface area (Å²) in [5, 5.41) is 13.8. The van der Waals surface area contributed by atoms with Crippen LogP contribution in [0.15, 0.2) is 54.7 Å². The number of aryl methyl sites for hydroxylation is 2. The molecule has 9 nitrogen and oxygen atoms in total. The lowest BCUT2D eigenvalue weighted by atomic mass is 9.91. The van der Waals surface area contributed by atoms with Crippen LogP contribution in [0.3, 0.4) is 0 Å². The second-order valence-corrected chi connectivity index (χ2v) is 11.2. The molecule has 4 aromatic rings. The molecule has 224 valence electrons. The Kier molecular flexibility index (Phi) is 8.44. The number of hydrogen-bond donors (Lipinski definition) is 1. The molecule has 0 unspecified atom stereocenters. The molecule has 1 saturated heterocycles. The van der Waals surface area contributed by atoms with Gasteiger partial charge in [0.15, 0.2) is 5.82 Å². The van der Waals surface area contributed by atoms with Crippen LogP contribution in [0.4, 0.5) is 0 Å². The number of pyridine rings is 1. The first-order valence-corrected chi connectivity index (χ1v) is 15.0. The zero-order valence-corrected chi connectivity index (χ0v) is 25.0. The van der Waals surface area contributed by atoms with Crippen molar-refractivity contribution in [3.8, 4) is 28.7 Å². The van der Waals surface area contributed by atoms with Gasteiger partial charge in [-0.15, -0.1) is 0 Å². The molecular formula is C34H38N4O5. The van der Waals surface area contributed by atoms with Gasteiger partial charge >= 0.3 is 5.97 Å². The van der Waals surface area contributed by atoms with E-state index in [0.29, 0.717) is 30.8 Å². The number of carboxylic acid groups (broad SMARTS) is 1. The molecule has 2 aliphatic heterocycles. The molecule has 9 heteroatoms. The number of ether oxygens (including phenoxy) is 3. The number of para-hydroxylation sites is 1. The van der Waals surface area contributed by atoms with E-state index >= 15 is 0 Å². The maximum Gasteiger partial charge on any atom is 0.342 e. The molecule has 1 N–H and O–H groups in total. The number of benzene rings is 2. The Morgan fingerprint density at radius 1 is 1.07 bits per heavy atom. The van der Waals surface area contributed by atoms with Gasteiger partial charge in [-0.1, -0.05) is 30.3 Å². The highest BCUT2D eigenvalue weighted by Gasteiger charge is 2.26. The van der Waals surface area contributed by atoms with E-state index < -0.39 is 5.97 Å². The first-order valence-electron chi connectivity index (χ1n) is 15.0. The number of rotatable bonds is 9. The van der Waals surface area contributed by atoms with Gasteiger partial charge in [0.1, 0.15) is 17.9 Å². The SMILES string of the molecule is CCOc1c(C(=O)O)cnn1-c1cccc(-c2cccc(C)c2OCc2cc(C)c3c(c2)CCN(C2CCOCC2)C3)n1. The van der Waals surface area contributed by atoms with Gasteiger partial charge < -0.3 is 19.3 Å². The van der Waals surface area contributed by atoms with Crippen LogP contribution >= 0.6 is 0 Å². The molecule has 0 atom stereocenters. The maximum atomic E-state index is 11.7. The first kappa shape index (κ1) is 28.9. The van der Waals surface area contributed by atoms with Crippen molar-refractivity contribution in [3.63, 3.8) is 0 Å². The van der Waals surface area contributed by atoms with Crippen molar-refractivity contribution in [2.24, 2.45) is 0 Å². The normalized spacial score (nSPS) is 15.7. The molecule has 0 spiro atoms. The van der Waals surface area contributed by atoms with Crippen LogP contribution in [0, 0.1) is 13.8 Å². The van der Waals surface area contributed by atoms with Gasteiger partial charge in [-0.3, -0.25) is 4.90 Å². The molecule has 2 aromatic carbocycles. The van der Waals surface area contributed by atoms with Crippen LogP contribution in [-0.4, -0.2) is 63.1 Å². The molecule has 0 bridgehead atoms. The van der Waals surface area contributed by atoms with Crippen molar-refractivity contribution in [2.75, 3.05) is 26.4 Å². The third-order valence-corrected chi connectivity index (χ3v) is 8.42. The van der Waals surface area contributed by atoms with Gasteiger partial charge in [0.05, 0.1) is 18.5 Å². The first-order chi connectivity index (χ1) is 20.9. The maximum absolute atomic E-state index is 11.7. The van der Waals surface area contributed by atoms with Crippen molar-refractivity contribution in [1.29, 1.82) is 0 Å². The van der Waals surface area contributed by atoms with Gasteiger partial charge in [0.25, 0.3) is 0 Å². The van der Waals surface area contributed by atoms with Gasteiger partial charge in [-0.25, -0.2) is 9.78 Å². The summed E-state index contributed by atoms with van der Waals surface area (Å²) in [4.78, 5) is 19.2. The van der Waals surface area contributed by atoms with Crippen molar-refractivity contribution >= 4 is 5.97 Å². The Bertz CT molecular complexity index is 1630. The number of carbonyl (C=O) groups is 1. The highest BCUT2D eigenvalue weighted by Crippen LogP contribution is 2.34. The Hall–Kier alpha value is -4.21. The van der Waals surface area contributed by atoms with Crippen LogP contribution in [-0.2, 0) is 24.3 Å². The predicted octanol–water partition coefficient (Wildman–Crippen LogP) is 5.76. The number of hydrogen-bond acceptors (Lipinski definition) is 7. The van der Waals surface area contributed by atoms with E-state index in [1.54, 1.807) is 13.0 Å². The van der Waals surface area contributed by atoms with Crippen LogP contribution in [0.2, 0.25) is 0 Å². The fraction of sp³-hybridized carbons (Fsp3) is 0.382. The third kappa shape index (κ3) is 6.00. The summed E-state index contributed by atoms with van der Waals surface area (Å²) in [5.74, 6) is 0.277. The van der Waals surface area contributed by atoms with Crippen LogP contribution < -0.4 is 9.47 Å². The van der Waals surface area contributed by atoms with E-state index in [2.05, 4.69) is 29.1 Å². The van der Waals surface area contributed by atoms with Crippen LogP contribution in [0.1, 0.15) is 57.9 Å². The fourth-order valence-corrected chi connectivity index (χ4v) is 6.23. The minimum atomic E-state index is -1.10. The van der Waals surface area contributed by atoms with Crippen LogP contribution in [0.5, 0.6) is 11.6 Å². The van der Waals surface area contributed by atoms with E-state index in [4.69, 9.17) is 19.2 Å². The zero-order chi connectivity index (χ0) is 29.9. The molecule has 2 aliphatic rings. The molecule has 6 rings (SSSR count). The van der Waals surface area contributed by atoms with Crippen molar-refractivity contribution < 1.29 is 24.1 Å². The monoisotopic (exact) mass is 582 g/mol. The molecule has 2 aromatic heterocycles. The molecule has 0 radical (unpaired) electrons. The Balaban J connectivity index is 1.24. The quantitative estimate of drug-likeness (QED) is 0.266. The second-order valence-electron chi connectivity index (χ2n) is 11.2.